The van der Waals surface area contributed by atoms with Crippen LogP contribution in [0.2, 0.25) is 0 Å². The van der Waals surface area contributed by atoms with E-state index in [4.69, 9.17) is 4.74 Å². The number of rotatable bonds is 5. The summed E-state index contributed by atoms with van der Waals surface area (Å²) in [5.74, 6) is 1.53. The highest BCUT2D eigenvalue weighted by atomic mass is 16.5. The number of hydrogen-bond acceptors (Lipinski definition) is 6. The number of aromatic amines is 1. The number of benzene rings is 2. The molecule has 4 aromatic rings. The van der Waals surface area contributed by atoms with Crippen molar-refractivity contribution in [1.29, 1.82) is 0 Å². The minimum Gasteiger partial charge on any atom is -0.497 e. The van der Waals surface area contributed by atoms with Crippen LogP contribution < -0.4 is 15.2 Å². The fraction of sp³-hybridized carbons (Fsp3) is 0.333. The van der Waals surface area contributed by atoms with Gasteiger partial charge in [-0.3, -0.25) is 14.0 Å². The fourth-order valence-corrected chi connectivity index (χ4v) is 4.40. The first kappa shape index (κ1) is 21.0. The van der Waals surface area contributed by atoms with Crippen molar-refractivity contribution >= 4 is 28.3 Å². The Morgan fingerprint density at radius 2 is 1.91 bits per heavy atom. The van der Waals surface area contributed by atoms with Crippen LogP contribution in [0, 0.1) is 0 Å². The van der Waals surface area contributed by atoms with E-state index in [0.717, 1.165) is 48.7 Å². The number of methoxy groups -OCH3 is 1. The number of hydrogen-bond donors (Lipinski definition) is 1. The minimum atomic E-state index is -0.311. The van der Waals surface area contributed by atoms with Gasteiger partial charge in [-0.05, 0) is 36.8 Å². The molecule has 1 aliphatic rings. The molecule has 33 heavy (non-hydrogen) atoms. The van der Waals surface area contributed by atoms with Gasteiger partial charge in [-0.15, -0.1) is 10.2 Å². The van der Waals surface area contributed by atoms with Crippen molar-refractivity contribution in [1.82, 2.24) is 24.5 Å². The number of anilines is 1. The molecule has 0 radical (unpaired) electrons. The smallest absolute Gasteiger partial charge is 0.294 e. The Morgan fingerprint density at radius 3 is 2.67 bits per heavy atom. The second-order valence-corrected chi connectivity index (χ2v) is 8.19. The third kappa shape index (κ3) is 3.79. The topological polar surface area (TPSA) is 95.8 Å². The second kappa shape index (κ2) is 8.57. The monoisotopic (exact) mass is 446 g/mol. The van der Waals surface area contributed by atoms with Gasteiger partial charge < -0.3 is 19.5 Å². The van der Waals surface area contributed by atoms with E-state index in [2.05, 4.69) is 33.1 Å². The molecular formula is C24H26N6O3. The molecule has 0 atom stereocenters. The number of amides is 1. The summed E-state index contributed by atoms with van der Waals surface area (Å²) >= 11 is 0. The summed E-state index contributed by atoms with van der Waals surface area (Å²) < 4.78 is 7.11. The molecular weight excluding hydrogens is 420 g/mol. The van der Waals surface area contributed by atoms with Crippen molar-refractivity contribution in [3.8, 4) is 5.75 Å². The maximum absolute atomic E-state index is 13.2. The third-order valence-corrected chi connectivity index (χ3v) is 6.12. The molecule has 2 aromatic carbocycles. The van der Waals surface area contributed by atoms with Crippen LogP contribution in [0.1, 0.15) is 29.5 Å². The predicted molar refractivity (Wildman–Crippen MR) is 126 cm³/mol. The van der Waals surface area contributed by atoms with Crippen LogP contribution >= 0.6 is 0 Å². The second-order valence-electron chi connectivity index (χ2n) is 8.19. The SMILES string of the molecule is CCCc1nnc2c(=O)[nH]c3cc(C(=O)N4CCN(c5cccc(OC)c5)CC4)ccc3n12. The van der Waals surface area contributed by atoms with E-state index in [-0.39, 0.29) is 17.1 Å². The van der Waals surface area contributed by atoms with Crippen LogP contribution in [0.15, 0.2) is 47.3 Å². The van der Waals surface area contributed by atoms with E-state index in [1.165, 1.54) is 0 Å². The van der Waals surface area contributed by atoms with Crippen LogP contribution in [0.4, 0.5) is 5.69 Å². The molecule has 1 N–H and O–H groups in total. The minimum absolute atomic E-state index is 0.0410. The standard InChI is InChI=1S/C24H26N6O3/c1-3-5-21-26-27-22-23(31)25-19-14-16(8-9-20(19)30(21)22)24(32)29-12-10-28(11-13-29)17-6-4-7-18(15-17)33-2/h4,6-9,14-15H,3,5,10-13H2,1-2H3,(H,25,31). The van der Waals surface area contributed by atoms with E-state index in [0.29, 0.717) is 24.2 Å². The van der Waals surface area contributed by atoms with Crippen molar-refractivity contribution in [2.24, 2.45) is 0 Å². The van der Waals surface area contributed by atoms with Crippen molar-refractivity contribution in [3.05, 3.63) is 64.2 Å². The molecule has 0 spiro atoms. The van der Waals surface area contributed by atoms with Gasteiger partial charge >= 0.3 is 0 Å². The molecule has 3 heterocycles. The van der Waals surface area contributed by atoms with E-state index in [9.17, 15) is 9.59 Å². The molecule has 170 valence electrons. The van der Waals surface area contributed by atoms with Gasteiger partial charge in [0, 0.05) is 49.9 Å². The largest absolute Gasteiger partial charge is 0.497 e. The number of fused-ring (bicyclic) bond motifs is 3. The van der Waals surface area contributed by atoms with Crippen molar-refractivity contribution in [3.63, 3.8) is 0 Å². The quantitative estimate of drug-likeness (QED) is 0.506. The fourth-order valence-electron chi connectivity index (χ4n) is 4.40. The zero-order chi connectivity index (χ0) is 22.9. The van der Waals surface area contributed by atoms with Crippen molar-refractivity contribution in [2.75, 3.05) is 38.2 Å². The molecule has 2 aromatic heterocycles. The normalized spacial score (nSPS) is 14.2. The maximum Gasteiger partial charge on any atom is 0.294 e. The third-order valence-electron chi connectivity index (χ3n) is 6.12. The van der Waals surface area contributed by atoms with Gasteiger partial charge in [0.05, 0.1) is 18.1 Å². The van der Waals surface area contributed by atoms with Gasteiger partial charge in [0.25, 0.3) is 11.5 Å². The molecule has 0 bridgehead atoms. The Bertz CT molecular complexity index is 1380. The average molecular weight is 447 g/mol. The summed E-state index contributed by atoms with van der Waals surface area (Å²) in [6, 6.07) is 13.4. The Hall–Kier alpha value is -3.88. The molecule has 5 rings (SSSR count). The van der Waals surface area contributed by atoms with Crippen LogP contribution in [0.5, 0.6) is 5.75 Å². The molecule has 0 saturated carbocycles. The molecule has 9 nitrogen and oxygen atoms in total. The van der Waals surface area contributed by atoms with E-state index in [1.54, 1.807) is 17.6 Å². The van der Waals surface area contributed by atoms with Gasteiger partial charge in [0.15, 0.2) is 0 Å². The lowest BCUT2D eigenvalue weighted by Gasteiger charge is -2.36. The molecule has 0 unspecified atom stereocenters. The van der Waals surface area contributed by atoms with E-state index < -0.39 is 0 Å². The molecule has 1 saturated heterocycles. The van der Waals surface area contributed by atoms with Gasteiger partial charge in [-0.2, -0.15) is 0 Å². The molecule has 9 heteroatoms. The molecule has 1 amide bonds. The van der Waals surface area contributed by atoms with Crippen LogP contribution in [-0.2, 0) is 6.42 Å². The first-order chi connectivity index (χ1) is 16.1. The molecule has 0 aliphatic carbocycles. The predicted octanol–water partition coefficient (Wildman–Crippen LogP) is 2.49. The number of carbonyl (C=O) groups excluding carboxylic acids is 1. The van der Waals surface area contributed by atoms with Gasteiger partial charge in [-0.25, -0.2) is 0 Å². The Kier molecular flexibility index (Phi) is 5.45. The van der Waals surface area contributed by atoms with Gasteiger partial charge in [0.2, 0.25) is 5.65 Å². The zero-order valence-electron chi connectivity index (χ0n) is 18.7. The van der Waals surface area contributed by atoms with Crippen LogP contribution in [0.3, 0.4) is 0 Å². The summed E-state index contributed by atoms with van der Waals surface area (Å²) in [7, 11) is 1.66. The number of nitrogens with zero attached hydrogens (tertiary/aromatic N) is 5. The van der Waals surface area contributed by atoms with Gasteiger partial charge in [-0.1, -0.05) is 13.0 Å². The lowest BCUT2D eigenvalue weighted by Crippen LogP contribution is -2.48. The summed E-state index contributed by atoms with van der Waals surface area (Å²) in [5.41, 5.74) is 3.00. The summed E-state index contributed by atoms with van der Waals surface area (Å²) in [4.78, 5) is 32.7. The number of carbonyl (C=O) groups is 1. The van der Waals surface area contributed by atoms with Crippen LogP contribution in [-0.4, -0.2) is 63.7 Å². The Labute approximate surface area is 190 Å². The first-order valence-electron chi connectivity index (χ1n) is 11.2. The highest BCUT2D eigenvalue weighted by molar-refractivity contribution is 5.97. The number of nitrogens with one attached hydrogen (secondary N) is 1. The summed E-state index contributed by atoms with van der Waals surface area (Å²) in [6.07, 6.45) is 1.62. The lowest BCUT2D eigenvalue weighted by molar-refractivity contribution is 0.0747. The molecule has 1 aliphatic heterocycles. The first-order valence-corrected chi connectivity index (χ1v) is 11.2. The molecule has 1 fully saturated rings. The number of piperazine rings is 1. The number of aromatic nitrogens is 4. The van der Waals surface area contributed by atoms with Crippen LogP contribution in [0.25, 0.3) is 16.7 Å². The van der Waals surface area contributed by atoms with Gasteiger partial charge in [0.1, 0.15) is 11.6 Å². The lowest BCUT2D eigenvalue weighted by atomic mass is 10.1. The highest BCUT2D eigenvalue weighted by Gasteiger charge is 2.23. The average Bonchev–Trinajstić information content (AvgIpc) is 3.28. The number of aryl methyl sites for hydroxylation is 1. The Balaban J connectivity index is 1.38. The zero-order valence-corrected chi connectivity index (χ0v) is 18.7. The highest BCUT2D eigenvalue weighted by Crippen LogP contribution is 2.23. The van der Waals surface area contributed by atoms with E-state index >= 15 is 0 Å². The Morgan fingerprint density at radius 1 is 1.09 bits per heavy atom. The summed E-state index contributed by atoms with van der Waals surface area (Å²) in [5, 5.41) is 8.22. The summed E-state index contributed by atoms with van der Waals surface area (Å²) in [6.45, 7) is 4.78. The number of ether oxygens (including phenoxy) is 1. The number of H-pyrrole nitrogens is 1. The van der Waals surface area contributed by atoms with Crippen molar-refractivity contribution < 1.29 is 9.53 Å². The maximum atomic E-state index is 13.2. The van der Waals surface area contributed by atoms with Crippen molar-refractivity contribution in [2.45, 2.75) is 19.8 Å². The van der Waals surface area contributed by atoms with E-state index in [1.807, 2.05) is 35.2 Å².